The highest BCUT2D eigenvalue weighted by Gasteiger charge is 2.01. The topological polar surface area (TPSA) is 12.0 Å². The van der Waals surface area contributed by atoms with Gasteiger partial charge in [0.2, 0.25) is 0 Å². The number of hydrogen-bond donors (Lipinski definition) is 1. The minimum absolute atomic E-state index is 0.574. The second-order valence-corrected chi connectivity index (χ2v) is 5.06. The molecule has 0 fully saturated rings. The molecule has 2 rings (SSSR count). The van der Waals surface area contributed by atoms with Crippen molar-refractivity contribution in [1.82, 2.24) is 0 Å². The summed E-state index contributed by atoms with van der Waals surface area (Å²) in [5, 5.41) is 3.50. The molecule has 0 heterocycles. The summed E-state index contributed by atoms with van der Waals surface area (Å²) < 4.78 is 0. The summed E-state index contributed by atoms with van der Waals surface area (Å²) in [5.74, 6) is 0.574. The van der Waals surface area contributed by atoms with Crippen LogP contribution in [0.1, 0.15) is 36.5 Å². The fourth-order valence-electron chi connectivity index (χ4n) is 2.01. The molecule has 0 amide bonds. The van der Waals surface area contributed by atoms with Gasteiger partial charge in [-0.05, 0) is 41.7 Å². The van der Waals surface area contributed by atoms with Crippen LogP contribution in [-0.4, -0.2) is 0 Å². The summed E-state index contributed by atoms with van der Waals surface area (Å²) >= 11 is 0. The summed E-state index contributed by atoms with van der Waals surface area (Å²) in [6.07, 6.45) is 0. The van der Waals surface area contributed by atoms with Crippen molar-refractivity contribution in [2.45, 2.75) is 33.2 Å². The van der Waals surface area contributed by atoms with Gasteiger partial charge in [0, 0.05) is 12.2 Å². The van der Waals surface area contributed by atoms with Gasteiger partial charge in [-0.3, -0.25) is 0 Å². The smallest absolute Gasteiger partial charge is 0.0403 e. The Bertz CT molecular complexity index is 515. The van der Waals surface area contributed by atoms with E-state index < -0.39 is 0 Å². The van der Waals surface area contributed by atoms with Gasteiger partial charge in [0.05, 0.1) is 0 Å². The molecule has 2 aromatic rings. The summed E-state index contributed by atoms with van der Waals surface area (Å²) in [6.45, 7) is 7.48. The number of hydrogen-bond acceptors (Lipinski definition) is 1. The second-order valence-electron chi connectivity index (χ2n) is 5.06. The standard InChI is InChI=1S/C17H21N/c1-13(2)15-9-6-10-17(11-15)18-12-16-8-5-4-7-14(16)3/h4-11,13,18H,12H2,1-3H3. The van der Waals surface area contributed by atoms with Crippen molar-refractivity contribution >= 4 is 5.69 Å². The summed E-state index contributed by atoms with van der Waals surface area (Å²) in [6, 6.07) is 17.2. The van der Waals surface area contributed by atoms with E-state index in [2.05, 4.69) is 74.6 Å². The first-order valence-corrected chi connectivity index (χ1v) is 6.55. The van der Waals surface area contributed by atoms with E-state index in [-0.39, 0.29) is 0 Å². The van der Waals surface area contributed by atoms with Crippen LogP contribution in [0.4, 0.5) is 5.69 Å². The molecule has 2 aromatic carbocycles. The third-order valence-electron chi connectivity index (χ3n) is 3.30. The predicted octanol–water partition coefficient (Wildman–Crippen LogP) is 4.73. The van der Waals surface area contributed by atoms with Crippen LogP contribution in [0.3, 0.4) is 0 Å². The lowest BCUT2D eigenvalue weighted by atomic mass is 10.0. The number of rotatable bonds is 4. The van der Waals surface area contributed by atoms with E-state index in [4.69, 9.17) is 0 Å². The van der Waals surface area contributed by atoms with E-state index in [9.17, 15) is 0 Å². The summed E-state index contributed by atoms with van der Waals surface area (Å²) in [7, 11) is 0. The first-order chi connectivity index (χ1) is 8.66. The molecule has 1 nitrogen and oxygen atoms in total. The van der Waals surface area contributed by atoms with Crippen molar-refractivity contribution in [3.8, 4) is 0 Å². The van der Waals surface area contributed by atoms with E-state index >= 15 is 0 Å². The molecule has 0 bridgehead atoms. The maximum atomic E-state index is 3.50. The van der Waals surface area contributed by atoms with Gasteiger partial charge in [-0.25, -0.2) is 0 Å². The van der Waals surface area contributed by atoms with E-state index in [1.165, 1.54) is 22.4 Å². The van der Waals surface area contributed by atoms with Gasteiger partial charge in [-0.2, -0.15) is 0 Å². The third kappa shape index (κ3) is 3.13. The first kappa shape index (κ1) is 12.7. The molecule has 0 spiro atoms. The van der Waals surface area contributed by atoms with Crippen LogP contribution in [0.2, 0.25) is 0 Å². The maximum absolute atomic E-state index is 3.50. The largest absolute Gasteiger partial charge is 0.381 e. The highest BCUT2D eigenvalue weighted by molar-refractivity contribution is 5.47. The molecule has 18 heavy (non-hydrogen) atoms. The third-order valence-corrected chi connectivity index (χ3v) is 3.30. The van der Waals surface area contributed by atoms with Gasteiger partial charge in [0.15, 0.2) is 0 Å². The average molecular weight is 239 g/mol. The SMILES string of the molecule is Cc1ccccc1CNc1cccc(C(C)C)c1. The van der Waals surface area contributed by atoms with Crippen LogP contribution in [-0.2, 0) is 6.54 Å². The molecule has 1 heteroatoms. The zero-order valence-corrected chi connectivity index (χ0v) is 11.4. The van der Waals surface area contributed by atoms with Crippen molar-refractivity contribution in [2.75, 3.05) is 5.32 Å². The van der Waals surface area contributed by atoms with E-state index in [1.54, 1.807) is 0 Å². The summed E-state index contributed by atoms with van der Waals surface area (Å²) in [5.41, 5.74) is 5.27. The Balaban J connectivity index is 2.07. The Hall–Kier alpha value is -1.76. The van der Waals surface area contributed by atoms with Crippen LogP contribution in [0, 0.1) is 6.92 Å². The molecule has 0 radical (unpaired) electrons. The lowest BCUT2D eigenvalue weighted by Crippen LogP contribution is -2.01. The minimum atomic E-state index is 0.574. The maximum Gasteiger partial charge on any atom is 0.0403 e. The van der Waals surface area contributed by atoms with Crippen molar-refractivity contribution < 1.29 is 0 Å². The Labute approximate surface area is 110 Å². The molecule has 0 atom stereocenters. The number of aryl methyl sites for hydroxylation is 1. The van der Waals surface area contributed by atoms with Gasteiger partial charge in [-0.1, -0.05) is 50.2 Å². The molecule has 0 aromatic heterocycles. The molecule has 0 aliphatic heterocycles. The molecule has 94 valence electrons. The quantitative estimate of drug-likeness (QED) is 0.813. The zero-order chi connectivity index (χ0) is 13.0. The monoisotopic (exact) mass is 239 g/mol. The van der Waals surface area contributed by atoms with Gasteiger partial charge < -0.3 is 5.32 Å². The van der Waals surface area contributed by atoms with Crippen molar-refractivity contribution in [3.05, 3.63) is 65.2 Å². The lowest BCUT2D eigenvalue weighted by molar-refractivity contribution is 0.866. The van der Waals surface area contributed by atoms with E-state index in [1.807, 2.05) is 0 Å². The molecular weight excluding hydrogens is 218 g/mol. The van der Waals surface area contributed by atoms with Gasteiger partial charge in [0.25, 0.3) is 0 Å². The fraction of sp³-hybridized carbons (Fsp3) is 0.294. The molecular formula is C17H21N. The zero-order valence-electron chi connectivity index (χ0n) is 11.4. The van der Waals surface area contributed by atoms with Crippen molar-refractivity contribution in [3.63, 3.8) is 0 Å². The normalized spacial score (nSPS) is 10.7. The van der Waals surface area contributed by atoms with Gasteiger partial charge in [0.1, 0.15) is 0 Å². The average Bonchev–Trinajstić information content (AvgIpc) is 2.38. The van der Waals surface area contributed by atoms with Crippen LogP contribution in [0.25, 0.3) is 0 Å². The highest BCUT2D eigenvalue weighted by atomic mass is 14.9. The van der Waals surface area contributed by atoms with Crippen LogP contribution < -0.4 is 5.32 Å². The van der Waals surface area contributed by atoms with Gasteiger partial charge in [-0.15, -0.1) is 0 Å². The summed E-state index contributed by atoms with van der Waals surface area (Å²) in [4.78, 5) is 0. The Morgan fingerprint density at radius 2 is 1.78 bits per heavy atom. The van der Waals surface area contributed by atoms with Gasteiger partial charge >= 0.3 is 0 Å². The van der Waals surface area contributed by atoms with Crippen LogP contribution in [0.5, 0.6) is 0 Å². The Kier molecular flexibility index (Phi) is 4.03. The Morgan fingerprint density at radius 1 is 1.00 bits per heavy atom. The van der Waals surface area contributed by atoms with Crippen molar-refractivity contribution in [1.29, 1.82) is 0 Å². The molecule has 0 saturated carbocycles. The second kappa shape index (κ2) is 5.72. The number of nitrogens with one attached hydrogen (secondary N) is 1. The molecule has 0 aliphatic rings. The van der Waals surface area contributed by atoms with E-state index in [0.717, 1.165) is 6.54 Å². The molecule has 0 aliphatic carbocycles. The molecule has 1 N–H and O–H groups in total. The fourth-order valence-corrected chi connectivity index (χ4v) is 2.01. The highest BCUT2D eigenvalue weighted by Crippen LogP contribution is 2.19. The number of benzene rings is 2. The van der Waals surface area contributed by atoms with E-state index in [0.29, 0.717) is 5.92 Å². The first-order valence-electron chi connectivity index (χ1n) is 6.55. The lowest BCUT2D eigenvalue weighted by Gasteiger charge is -2.11. The van der Waals surface area contributed by atoms with Crippen LogP contribution >= 0.6 is 0 Å². The van der Waals surface area contributed by atoms with Crippen LogP contribution in [0.15, 0.2) is 48.5 Å². The van der Waals surface area contributed by atoms with Crippen molar-refractivity contribution in [2.24, 2.45) is 0 Å². The Morgan fingerprint density at radius 3 is 2.50 bits per heavy atom. The molecule has 0 unspecified atom stereocenters. The molecule has 0 saturated heterocycles. The predicted molar refractivity (Wildman–Crippen MR) is 79.0 cm³/mol. The number of anilines is 1. The minimum Gasteiger partial charge on any atom is -0.381 e.